The van der Waals surface area contributed by atoms with E-state index in [-0.39, 0.29) is 12.3 Å². The fourth-order valence-electron chi connectivity index (χ4n) is 2.94. The van der Waals surface area contributed by atoms with Crippen LogP contribution in [0.4, 0.5) is 0 Å². The Morgan fingerprint density at radius 3 is 2.23 bits per heavy atom. The van der Waals surface area contributed by atoms with E-state index in [1.54, 1.807) is 31.0 Å². The Morgan fingerprint density at radius 2 is 1.63 bits per heavy atom. The molecule has 0 saturated heterocycles. The molecule has 0 radical (unpaired) electrons. The zero-order valence-electron chi connectivity index (χ0n) is 17.8. The Labute approximate surface area is 186 Å². The highest BCUT2D eigenvalue weighted by atomic mass is 79.9. The van der Waals surface area contributed by atoms with Gasteiger partial charge in [-0.2, -0.15) is 0 Å². The molecule has 0 heterocycles. The number of rotatable bonds is 10. The van der Waals surface area contributed by atoms with Crippen molar-refractivity contribution in [2.75, 3.05) is 20.3 Å². The van der Waals surface area contributed by atoms with Crippen LogP contribution < -0.4 is 9.47 Å². The van der Waals surface area contributed by atoms with Gasteiger partial charge in [-0.05, 0) is 44.0 Å². The third-order valence-electron chi connectivity index (χ3n) is 4.34. The minimum atomic E-state index is -0.876. The van der Waals surface area contributed by atoms with Crippen molar-refractivity contribution in [1.82, 2.24) is 4.90 Å². The van der Waals surface area contributed by atoms with E-state index in [4.69, 9.17) is 14.2 Å². The lowest BCUT2D eigenvalue weighted by Gasteiger charge is -2.22. The molecule has 30 heavy (non-hydrogen) atoms. The fourth-order valence-corrected chi connectivity index (χ4v) is 3.40. The normalized spacial score (nSPS) is 11.5. The molecule has 1 unspecified atom stereocenters. The van der Waals surface area contributed by atoms with E-state index in [9.17, 15) is 9.59 Å². The zero-order chi connectivity index (χ0) is 22.1. The third-order valence-corrected chi connectivity index (χ3v) is 5.08. The highest BCUT2D eigenvalue weighted by Crippen LogP contribution is 2.34. The van der Waals surface area contributed by atoms with Gasteiger partial charge in [0.05, 0.1) is 19.6 Å². The molecule has 0 saturated carbocycles. The van der Waals surface area contributed by atoms with Gasteiger partial charge in [0.2, 0.25) is 0 Å². The summed E-state index contributed by atoms with van der Waals surface area (Å²) >= 11 is 3.47. The van der Waals surface area contributed by atoms with E-state index in [0.717, 1.165) is 5.56 Å². The minimum absolute atomic E-state index is 0.00703. The average Bonchev–Trinajstić information content (AvgIpc) is 2.71. The molecule has 2 aromatic carbocycles. The van der Waals surface area contributed by atoms with Crippen molar-refractivity contribution in [3.05, 3.63) is 58.1 Å². The van der Waals surface area contributed by atoms with Crippen molar-refractivity contribution in [3.63, 3.8) is 0 Å². The molecule has 0 fully saturated rings. The lowest BCUT2D eigenvalue weighted by molar-refractivity contribution is -0.158. The van der Waals surface area contributed by atoms with Crippen molar-refractivity contribution >= 4 is 27.8 Å². The number of amides is 1. The molecule has 162 valence electrons. The maximum absolute atomic E-state index is 12.6. The summed E-state index contributed by atoms with van der Waals surface area (Å²) in [5, 5.41) is 0. The summed E-state index contributed by atoms with van der Waals surface area (Å²) in [7, 11) is 1.69. The van der Waals surface area contributed by atoms with E-state index in [0.29, 0.717) is 41.3 Å². The third kappa shape index (κ3) is 6.76. The largest absolute Gasteiger partial charge is 0.490 e. The van der Waals surface area contributed by atoms with Crippen LogP contribution in [0.15, 0.2) is 46.9 Å². The van der Waals surface area contributed by atoms with Gasteiger partial charge in [-0.25, -0.2) is 0 Å². The first-order valence-corrected chi connectivity index (χ1v) is 10.7. The van der Waals surface area contributed by atoms with Gasteiger partial charge in [0.15, 0.2) is 17.6 Å². The lowest BCUT2D eigenvalue weighted by Crippen LogP contribution is -2.37. The second kappa shape index (κ2) is 11.6. The predicted molar refractivity (Wildman–Crippen MR) is 119 cm³/mol. The number of carbonyl (C=O) groups is 2. The fraction of sp³-hybridized carbons (Fsp3) is 0.391. The molecule has 0 N–H and O–H groups in total. The van der Waals surface area contributed by atoms with E-state index in [1.807, 2.05) is 44.2 Å². The van der Waals surface area contributed by atoms with Crippen LogP contribution in [0, 0.1) is 0 Å². The van der Waals surface area contributed by atoms with Crippen LogP contribution in [0.2, 0.25) is 0 Å². The lowest BCUT2D eigenvalue weighted by atomic mass is 10.1. The summed E-state index contributed by atoms with van der Waals surface area (Å²) in [6, 6.07) is 13.2. The molecule has 0 aromatic heterocycles. The van der Waals surface area contributed by atoms with E-state index in [1.165, 1.54) is 0 Å². The van der Waals surface area contributed by atoms with Crippen LogP contribution in [0.1, 0.15) is 31.9 Å². The number of hydrogen-bond acceptors (Lipinski definition) is 5. The smallest absolute Gasteiger partial charge is 0.311 e. The Balaban J connectivity index is 2.00. The standard InChI is InChI=1S/C23H28BrNO5/c1-5-28-20-12-18(19(24)14-21(20)29-6-2)13-22(26)30-16(3)23(27)25(4)15-17-10-8-7-9-11-17/h7-12,14,16H,5-6,13,15H2,1-4H3. The second-order valence-corrected chi connectivity index (χ2v) is 7.60. The van der Waals surface area contributed by atoms with Gasteiger partial charge in [-0.1, -0.05) is 46.3 Å². The summed E-state index contributed by atoms with van der Waals surface area (Å²) in [4.78, 5) is 26.6. The van der Waals surface area contributed by atoms with Crippen LogP contribution in [0.25, 0.3) is 0 Å². The molecule has 0 spiro atoms. The van der Waals surface area contributed by atoms with Crippen LogP contribution in [0.3, 0.4) is 0 Å². The van der Waals surface area contributed by atoms with Gasteiger partial charge in [0, 0.05) is 18.1 Å². The summed E-state index contributed by atoms with van der Waals surface area (Å²) in [5.41, 5.74) is 1.71. The molecule has 2 rings (SSSR count). The monoisotopic (exact) mass is 477 g/mol. The highest BCUT2D eigenvalue weighted by Gasteiger charge is 2.22. The number of hydrogen-bond donors (Lipinski definition) is 0. The Kier molecular flexibility index (Phi) is 9.17. The zero-order valence-corrected chi connectivity index (χ0v) is 19.4. The van der Waals surface area contributed by atoms with E-state index >= 15 is 0 Å². The predicted octanol–water partition coefficient (Wildman–Crippen LogP) is 4.38. The van der Waals surface area contributed by atoms with Gasteiger partial charge >= 0.3 is 5.97 Å². The Hall–Kier alpha value is -2.54. The van der Waals surface area contributed by atoms with Crippen LogP contribution in [0.5, 0.6) is 11.5 Å². The SMILES string of the molecule is CCOc1cc(Br)c(CC(=O)OC(C)C(=O)N(C)Cc2ccccc2)cc1OCC. The molecule has 0 aliphatic heterocycles. The summed E-state index contributed by atoms with van der Waals surface area (Å²) in [6.45, 7) is 6.78. The van der Waals surface area contributed by atoms with Crippen molar-refractivity contribution in [2.24, 2.45) is 0 Å². The van der Waals surface area contributed by atoms with Crippen LogP contribution >= 0.6 is 15.9 Å². The number of likely N-dealkylation sites (N-methyl/N-ethyl adjacent to an activating group) is 1. The molecule has 2 aromatic rings. The number of benzene rings is 2. The summed E-state index contributed by atoms with van der Waals surface area (Å²) in [6.07, 6.45) is -0.869. The molecule has 6 nitrogen and oxygen atoms in total. The van der Waals surface area contributed by atoms with Crippen LogP contribution in [-0.2, 0) is 27.3 Å². The van der Waals surface area contributed by atoms with E-state index < -0.39 is 12.1 Å². The molecular weight excluding hydrogens is 450 g/mol. The number of carbonyl (C=O) groups excluding carboxylic acids is 2. The first-order valence-electron chi connectivity index (χ1n) is 9.92. The van der Waals surface area contributed by atoms with Gasteiger partial charge in [-0.3, -0.25) is 9.59 Å². The van der Waals surface area contributed by atoms with Crippen molar-refractivity contribution in [3.8, 4) is 11.5 Å². The van der Waals surface area contributed by atoms with Crippen molar-refractivity contribution in [1.29, 1.82) is 0 Å². The first kappa shape index (κ1) is 23.7. The number of esters is 1. The number of ether oxygens (including phenoxy) is 3. The Morgan fingerprint density at radius 1 is 1.03 bits per heavy atom. The average molecular weight is 478 g/mol. The molecule has 1 atom stereocenters. The molecule has 0 bridgehead atoms. The molecule has 7 heteroatoms. The maximum Gasteiger partial charge on any atom is 0.311 e. The van der Waals surface area contributed by atoms with Gasteiger partial charge in [0.1, 0.15) is 0 Å². The second-order valence-electron chi connectivity index (χ2n) is 6.75. The topological polar surface area (TPSA) is 65.1 Å². The molecular formula is C23H28BrNO5. The number of nitrogens with zero attached hydrogens (tertiary/aromatic N) is 1. The molecule has 0 aliphatic rings. The molecule has 1 amide bonds. The van der Waals surface area contributed by atoms with E-state index in [2.05, 4.69) is 15.9 Å². The van der Waals surface area contributed by atoms with Gasteiger partial charge < -0.3 is 19.1 Å². The quantitative estimate of drug-likeness (QED) is 0.475. The number of halogens is 1. The maximum atomic E-state index is 12.6. The highest BCUT2D eigenvalue weighted by molar-refractivity contribution is 9.10. The van der Waals surface area contributed by atoms with Crippen LogP contribution in [-0.4, -0.2) is 43.1 Å². The molecule has 0 aliphatic carbocycles. The van der Waals surface area contributed by atoms with Gasteiger partial charge in [-0.15, -0.1) is 0 Å². The van der Waals surface area contributed by atoms with Crippen molar-refractivity contribution < 1.29 is 23.8 Å². The minimum Gasteiger partial charge on any atom is -0.490 e. The van der Waals surface area contributed by atoms with Gasteiger partial charge in [0.25, 0.3) is 5.91 Å². The summed E-state index contributed by atoms with van der Waals surface area (Å²) < 4.78 is 17.3. The summed E-state index contributed by atoms with van der Waals surface area (Å²) in [5.74, 6) is 0.427. The van der Waals surface area contributed by atoms with Crippen molar-refractivity contribution in [2.45, 2.75) is 39.8 Å². The Bertz CT molecular complexity index is 856. The first-order chi connectivity index (χ1) is 14.3.